The van der Waals surface area contributed by atoms with E-state index in [1.165, 1.54) is 20.5 Å². The van der Waals surface area contributed by atoms with Crippen molar-refractivity contribution in [3.8, 4) is 11.5 Å². The molecule has 1 N–H and O–H groups in total. The van der Waals surface area contributed by atoms with E-state index in [1.807, 2.05) is 6.07 Å². The van der Waals surface area contributed by atoms with Crippen molar-refractivity contribution in [1.82, 2.24) is 5.32 Å². The van der Waals surface area contributed by atoms with Gasteiger partial charge < -0.3 is 14.8 Å². The summed E-state index contributed by atoms with van der Waals surface area (Å²) in [6, 6.07) is 6.52. The molecular weight excluding hydrogens is 350 g/mol. The summed E-state index contributed by atoms with van der Waals surface area (Å²) in [5, 5.41) is 5.88. The minimum Gasteiger partial charge on any atom is -0.493 e. The number of ether oxygens (including phenoxy) is 2. The highest BCUT2D eigenvalue weighted by atomic mass is 79.9. The van der Waals surface area contributed by atoms with Gasteiger partial charge in [0.1, 0.15) is 0 Å². The molecule has 0 spiro atoms. The molecule has 2 heterocycles. The van der Waals surface area contributed by atoms with Crippen molar-refractivity contribution in [2.75, 3.05) is 20.8 Å². The zero-order valence-corrected chi connectivity index (χ0v) is 14.5. The molecule has 3 rings (SSSR count). The van der Waals surface area contributed by atoms with Gasteiger partial charge in [-0.1, -0.05) is 6.07 Å². The predicted octanol–water partition coefficient (Wildman–Crippen LogP) is 3.96. The van der Waals surface area contributed by atoms with Crippen LogP contribution in [0.5, 0.6) is 11.5 Å². The highest BCUT2D eigenvalue weighted by molar-refractivity contribution is 9.11. The minimum atomic E-state index is 0.370. The van der Waals surface area contributed by atoms with Crippen molar-refractivity contribution in [2.24, 2.45) is 0 Å². The molecule has 3 nitrogen and oxygen atoms in total. The fourth-order valence-corrected chi connectivity index (χ4v) is 4.42. The monoisotopic (exact) mass is 367 g/mol. The lowest BCUT2D eigenvalue weighted by Crippen LogP contribution is -2.30. The average molecular weight is 368 g/mol. The molecule has 112 valence electrons. The van der Waals surface area contributed by atoms with E-state index in [0.29, 0.717) is 6.04 Å². The van der Waals surface area contributed by atoms with Gasteiger partial charge in [0.05, 0.1) is 18.0 Å². The van der Waals surface area contributed by atoms with Gasteiger partial charge in [0.2, 0.25) is 0 Å². The maximum atomic E-state index is 5.39. The number of hydrogen-bond donors (Lipinski definition) is 1. The largest absolute Gasteiger partial charge is 0.493 e. The molecular formula is C16H18BrNO2S. The van der Waals surface area contributed by atoms with E-state index in [1.54, 1.807) is 25.6 Å². The summed E-state index contributed by atoms with van der Waals surface area (Å²) >= 11 is 5.44. The molecule has 1 aliphatic heterocycles. The summed E-state index contributed by atoms with van der Waals surface area (Å²) in [6.07, 6.45) is 2.05. The van der Waals surface area contributed by atoms with Gasteiger partial charge >= 0.3 is 0 Å². The molecule has 1 unspecified atom stereocenters. The van der Waals surface area contributed by atoms with Gasteiger partial charge in [-0.05, 0) is 69.5 Å². The van der Waals surface area contributed by atoms with Gasteiger partial charge in [0.15, 0.2) is 11.5 Å². The first kappa shape index (κ1) is 14.9. The summed E-state index contributed by atoms with van der Waals surface area (Å²) in [5.41, 5.74) is 4.14. The third-order valence-electron chi connectivity index (χ3n) is 3.90. The Morgan fingerprint density at radius 2 is 2.10 bits per heavy atom. The number of halogens is 1. The predicted molar refractivity (Wildman–Crippen MR) is 89.7 cm³/mol. The molecule has 1 aromatic heterocycles. The van der Waals surface area contributed by atoms with Gasteiger partial charge in [0.25, 0.3) is 0 Å². The third kappa shape index (κ3) is 2.96. The Kier molecular flexibility index (Phi) is 4.52. The highest BCUT2D eigenvalue weighted by Crippen LogP contribution is 2.37. The van der Waals surface area contributed by atoms with Crippen molar-refractivity contribution in [1.29, 1.82) is 0 Å². The molecule has 1 aromatic carbocycles. The number of methoxy groups -OCH3 is 2. The van der Waals surface area contributed by atoms with Gasteiger partial charge in [-0.25, -0.2) is 0 Å². The van der Waals surface area contributed by atoms with Crippen LogP contribution in [0.25, 0.3) is 0 Å². The van der Waals surface area contributed by atoms with Crippen molar-refractivity contribution < 1.29 is 9.47 Å². The van der Waals surface area contributed by atoms with Crippen molar-refractivity contribution in [2.45, 2.75) is 18.9 Å². The van der Waals surface area contributed by atoms with Crippen LogP contribution in [-0.4, -0.2) is 20.8 Å². The molecule has 5 heteroatoms. The van der Waals surface area contributed by atoms with Crippen LogP contribution in [0.15, 0.2) is 27.4 Å². The molecule has 0 saturated heterocycles. The van der Waals surface area contributed by atoms with Crippen LogP contribution in [0.2, 0.25) is 0 Å². The number of thiophene rings is 1. The molecule has 2 aromatic rings. The number of fused-ring (bicyclic) bond motifs is 1. The van der Waals surface area contributed by atoms with Crippen LogP contribution in [0, 0.1) is 0 Å². The molecule has 1 aliphatic rings. The van der Waals surface area contributed by atoms with Crippen LogP contribution >= 0.6 is 27.3 Å². The fourth-order valence-electron chi connectivity index (χ4n) is 2.81. The standard InChI is InChI=1S/C16H18BrNO2S/c1-19-14-4-3-10(8-15(14)20-2)7-13-12-9-21-16(17)11(12)5-6-18-13/h3-4,8-9,13,18H,5-7H2,1-2H3. The molecule has 0 fully saturated rings. The molecule has 21 heavy (non-hydrogen) atoms. The quantitative estimate of drug-likeness (QED) is 0.886. The van der Waals surface area contributed by atoms with E-state index in [0.717, 1.165) is 30.9 Å². The zero-order valence-electron chi connectivity index (χ0n) is 12.1. The average Bonchev–Trinajstić information content (AvgIpc) is 2.90. The first-order valence-electron chi connectivity index (χ1n) is 6.93. The number of hydrogen-bond acceptors (Lipinski definition) is 4. The summed E-state index contributed by atoms with van der Waals surface area (Å²) < 4.78 is 12.0. The lowest BCUT2D eigenvalue weighted by atomic mass is 9.93. The van der Waals surface area contributed by atoms with E-state index in [-0.39, 0.29) is 0 Å². The Morgan fingerprint density at radius 3 is 2.86 bits per heavy atom. The maximum Gasteiger partial charge on any atom is 0.160 e. The Bertz CT molecular complexity index is 641. The lowest BCUT2D eigenvalue weighted by Gasteiger charge is -2.25. The topological polar surface area (TPSA) is 30.5 Å². The fraction of sp³-hybridized carbons (Fsp3) is 0.375. The lowest BCUT2D eigenvalue weighted by molar-refractivity contribution is 0.354. The minimum absolute atomic E-state index is 0.370. The van der Waals surface area contributed by atoms with E-state index in [2.05, 4.69) is 38.8 Å². The molecule has 0 amide bonds. The van der Waals surface area contributed by atoms with Crippen molar-refractivity contribution in [3.63, 3.8) is 0 Å². The van der Waals surface area contributed by atoms with E-state index in [4.69, 9.17) is 9.47 Å². The smallest absolute Gasteiger partial charge is 0.160 e. The molecule has 0 bridgehead atoms. The number of benzene rings is 1. The number of rotatable bonds is 4. The second-order valence-electron chi connectivity index (χ2n) is 5.09. The van der Waals surface area contributed by atoms with E-state index >= 15 is 0 Å². The SMILES string of the molecule is COc1ccc(CC2NCCc3c2csc3Br)cc1OC. The van der Waals surface area contributed by atoms with Crippen LogP contribution in [-0.2, 0) is 12.8 Å². The van der Waals surface area contributed by atoms with E-state index in [9.17, 15) is 0 Å². The second kappa shape index (κ2) is 6.38. The Morgan fingerprint density at radius 1 is 1.29 bits per heavy atom. The van der Waals surface area contributed by atoms with Gasteiger partial charge in [-0.3, -0.25) is 0 Å². The number of nitrogens with one attached hydrogen (secondary N) is 1. The van der Waals surface area contributed by atoms with Gasteiger partial charge in [-0.2, -0.15) is 0 Å². The Balaban J connectivity index is 1.84. The Hall–Kier alpha value is -1.04. The van der Waals surface area contributed by atoms with Crippen LogP contribution in [0.4, 0.5) is 0 Å². The third-order valence-corrected chi connectivity index (χ3v) is 5.77. The van der Waals surface area contributed by atoms with Crippen LogP contribution in [0.3, 0.4) is 0 Å². The van der Waals surface area contributed by atoms with Gasteiger partial charge in [-0.15, -0.1) is 11.3 Å². The Labute approximate surface area is 137 Å². The molecule has 1 atom stereocenters. The molecule has 0 aliphatic carbocycles. The summed E-state index contributed by atoms with van der Waals surface area (Å²) in [6.45, 7) is 1.03. The van der Waals surface area contributed by atoms with Crippen LogP contribution in [0.1, 0.15) is 22.7 Å². The molecule has 0 radical (unpaired) electrons. The summed E-state index contributed by atoms with van der Waals surface area (Å²) in [7, 11) is 3.34. The summed E-state index contributed by atoms with van der Waals surface area (Å²) in [4.78, 5) is 0. The maximum absolute atomic E-state index is 5.39. The van der Waals surface area contributed by atoms with Crippen molar-refractivity contribution >= 4 is 27.3 Å². The van der Waals surface area contributed by atoms with Crippen molar-refractivity contribution in [3.05, 3.63) is 44.1 Å². The van der Waals surface area contributed by atoms with Crippen LogP contribution < -0.4 is 14.8 Å². The molecule has 0 saturated carbocycles. The normalized spacial score (nSPS) is 17.4. The first-order chi connectivity index (χ1) is 10.2. The van der Waals surface area contributed by atoms with Gasteiger partial charge in [0, 0.05) is 6.04 Å². The first-order valence-corrected chi connectivity index (χ1v) is 8.60. The summed E-state index contributed by atoms with van der Waals surface area (Å²) in [5.74, 6) is 1.56. The van der Waals surface area contributed by atoms with E-state index < -0.39 is 0 Å². The highest BCUT2D eigenvalue weighted by Gasteiger charge is 2.23. The zero-order chi connectivity index (χ0) is 14.8. The second-order valence-corrected chi connectivity index (χ2v) is 7.29.